The molecule has 5 heteroatoms. The number of hydrogen-bond acceptors (Lipinski definition) is 5. The number of rotatable bonds is 12. The number of nitrogens with two attached hydrogens (primary N) is 1. The van der Waals surface area contributed by atoms with E-state index in [4.69, 9.17) is 19.9 Å². The summed E-state index contributed by atoms with van der Waals surface area (Å²) in [5.41, 5.74) is 7.97. The van der Waals surface area contributed by atoms with Crippen molar-refractivity contribution < 1.29 is 14.2 Å². The van der Waals surface area contributed by atoms with Crippen LogP contribution in [0.1, 0.15) is 18.9 Å². The summed E-state index contributed by atoms with van der Waals surface area (Å²) in [6, 6.07) is 6.07. The van der Waals surface area contributed by atoms with E-state index in [-0.39, 0.29) is 0 Å². The molecule has 0 aliphatic rings. The van der Waals surface area contributed by atoms with Crippen molar-refractivity contribution in [3.8, 4) is 5.75 Å². The monoisotopic (exact) mass is 310 g/mol. The second-order valence-corrected chi connectivity index (χ2v) is 5.24. The van der Waals surface area contributed by atoms with Gasteiger partial charge in [-0.05, 0) is 44.0 Å². The van der Waals surface area contributed by atoms with Crippen LogP contribution in [0.3, 0.4) is 0 Å². The van der Waals surface area contributed by atoms with E-state index in [0.29, 0.717) is 6.61 Å². The van der Waals surface area contributed by atoms with Crippen molar-refractivity contribution in [3.05, 3.63) is 23.8 Å². The molecule has 0 saturated carbocycles. The molecule has 5 nitrogen and oxygen atoms in total. The van der Waals surface area contributed by atoms with Crippen molar-refractivity contribution in [2.45, 2.75) is 19.8 Å². The zero-order valence-electron chi connectivity index (χ0n) is 14.1. The molecule has 0 aliphatic carbocycles. The minimum atomic E-state index is 0.636. The maximum Gasteiger partial charge on any atom is 0.142 e. The summed E-state index contributed by atoms with van der Waals surface area (Å²) in [7, 11) is 3.47. The zero-order valence-corrected chi connectivity index (χ0v) is 14.1. The van der Waals surface area contributed by atoms with Crippen LogP contribution in [0.5, 0.6) is 5.75 Å². The fourth-order valence-electron chi connectivity index (χ4n) is 2.32. The van der Waals surface area contributed by atoms with Gasteiger partial charge in [0.2, 0.25) is 0 Å². The van der Waals surface area contributed by atoms with Crippen LogP contribution < -0.4 is 10.5 Å². The number of benzene rings is 1. The molecule has 0 atom stereocenters. The molecule has 1 aromatic rings. The number of methoxy groups -OCH3 is 2. The predicted molar refractivity (Wildman–Crippen MR) is 90.5 cm³/mol. The van der Waals surface area contributed by atoms with Crippen LogP contribution in [0.2, 0.25) is 0 Å². The molecule has 22 heavy (non-hydrogen) atoms. The zero-order chi connectivity index (χ0) is 16.2. The molecule has 1 aromatic carbocycles. The Labute approximate surface area is 134 Å². The van der Waals surface area contributed by atoms with Gasteiger partial charge in [0.25, 0.3) is 0 Å². The summed E-state index contributed by atoms with van der Waals surface area (Å²) < 4.78 is 15.8. The van der Waals surface area contributed by atoms with Crippen molar-refractivity contribution in [2.24, 2.45) is 0 Å². The van der Waals surface area contributed by atoms with E-state index in [1.165, 1.54) is 5.56 Å². The lowest BCUT2D eigenvalue weighted by atomic mass is 10.1. The smallest absolute Gasteiger partial charge is 0.142 e. The SMILES string of the molecule is CCOc1ccc(CCCN(CCOC)CCOC)cc1N. The lowest BCUT2D eigenvalue weighted by Gasteiger charge is -2.21. The van der Waals surface area contributed by atoms with Gasteiger partial charge in [-0.2, -0.15) is 0 Å². The highest BCUT2D eigenvalue weighted by Crippen LogP contribution is 2.23. The molecule has 0 amide bonds. The standard InChI is InChI=1S/C17H30N2O3/c1-4-22-17-8-7-15(14-16(17)18)6-5-9-19(10-12-20-2)11-13-21-3/h7-8,14H,4-6,9-13,18H2,1-3H3. The van der Waals surface area contributed by atoms with E-state index >= 15 is 0 Å². The van der Waals surface area contributed by atoms with Crippen molar-refractivity contribution in [2.75, 3.05) is 59.4 Å². The number of nitrogens with zero attached hydrogens (tertiary/aromatic N) is 1. The van der Waals surface area contributed by atoms with Gasteiger partial charge in [0, 0.05) is 27.3 Å². The summed E-state index contributed by atoms with van der Waals surface area (Å²) >= 11 is 0. The molecule has 0 heterocycles. The number of hydrogen-bond donors (Lipinski definition) is 1. The van der Waals surface area contributed by atoms with Crippen LogP contribution in [-0.4, -0.2) is 58.6 Å². The van der Waals surface area contributed by atoms with Crippen LogP contribution in [0.4, 0.5) is 5.69 Å². The third kappa shape index (κ3) is 7.11. The quantitative estimate of drug-likeness (QED) is 0.600. The molecule has 0 aliphatic heterocycles. The minimum absolute atomic E-state index is 0.636. The summed E-state index contributed by atoms with van der Waals surface area (Å²) in [4.78, 5) is 2.37. The Morgan fingerprint density at radius 3 is 2.27 bits per heavy atom. The van der Waals surface area contributed by atoms with Crippen molar-refractivity contribution in [1.29, 1.82) is 0 Å². The number of ether oxygens (including phenoxy) is 3. The second kappa shape index (κ2) is 11.3. The van der Waals surface area contributed by atoms with Crippen LogP contribution in [0, 0.1) is 0 Å². The lowest BCUT2D eigenvalue weighted by Crippen LogP contribution is -2.31. The van der Waals surface area contributed by atoms with Crippen LogP contribution in [0.15, 0.2) is 18.2 Å². The molecule has 0 aromatic heterocycles. The van der Waals surface area contributed by atoms with Gasteiger partial charge in [-0.15, -0.1) is 0 Å². The van der Waals surface area contributed by atoms with Gasteiger partial charge >= 0.3 is 0 Å². The van der Waals surface area contributed by atoms with E-state index in [9.17, 15) is 0 Å². The summed E-state index contributed by atoms with van der Waals surface area (Å²) in [5, 5.41) is 0. The Hall–Kier alpha value is -1.30. The largest absolute Gasteiger partial charge is 0.492 e. The lowest BCUT2D eigenvalue weighted by molar-refractivity contribution is 0.113. The van der Waals surface area contributed by atoms with Gasteiger partial charge in [-0.3, -0.25) is 4.90 Å². The number of anilines is 1. The van der Waals surface area contributed by atoms with Gasteiger partial charge in [0.15, 0.2) is 0 Å². The molecular weight excluding hydrogens is 280 g/mol. The molecule has 0 spiro atoms. The summed E-state index contributed by atoms with van der Waals surface area (Å²) in [6.45, 7) is 7.00. The molecule has 2 N–H and O–H groups in total. The second-order valence-electron chi connectivity index (χ2n) is 5.24. The van der Waals surface area contributed by atoms with Crippen LogP contribution >= 0.6 is 0 Å². The van der Waals surface area contributed by atoms with E-state index < -0.39 is 0 Å². The van der Waals surface area contributed by atoms with Crippen molar-refractivity contribution in [1.82, 2.24) is 4.90 Å². The maximum absolute atomic E-state index is 6.00. The Morgan fingerprint density at radius 1 is 1.05 bits per heavy atom. The van der Waals surface area contributed by atoms with E-state index in [0.717, 1.165) is 57.1 Å². The molecule has 0 fully saturated rings. The first-order valence-electron chi connectivity index (χ1n) is 7.92. The Kier molecular flexibility index (Phi) is 9.62. The summed E-state index contributed by atoms with van der Waals surface area (Å²) in [6.07, 6.45) is 2.09. The normalized spacial score (nSPS) is 11.1. The number of aryl methyl sites for hydroxylation is 1. The fraction of sp³-hybridized carbons (Fsp3) is 0.647. The third-order valence-corrected chi connectivity index (χ3v) is 3.54. The van der Waals surface area contributed by atoms with Gasteiger partial charge in [-0.1, -0.05) is 6.07 Å². The van der Waals surface area contributed by atoms with Crippen LogP contribution in [0.25, 0.3) is 0 Å². The molecule has 126 valence electrons. The highest BCUT2D eigenvalue weighted by Gasteiger charge is 2.06. The van der Waals surface area contributed by atoms with Gasteiger partial charge < -0.3 is 19.9 Å². The highest BCUT2D eigenvalue weighted by molar-refractivity contribution is 5.54. The predicted octanol–water partition coefficient (Wildman–Crippen LogP) is 2.19. The first-order valence-corrected chi connectivity index (χ1v) is 7.92. The topological polar surface area (TPSA) is 57.0 Å². The van der Waals surface area contributed by atoms with E-state index in [1.807, 2.05) is 19.1 Å². The average Bonchev–Trinajstić information content (AvgIpc) is 2.52. The van der Waals surface area contributed by atoms with Crippen LogP contribution in [-0.2, 0) is 15.9 Å². The molecular formula is C17H30N2O3. The van der Waals surface area contributed by atoms with Crippen molar-refractivity contribution in [3.63, 3.8) is 0 Å². The number of nitrogen functional groups attached to an aromatic ring is 1. The minimum Gasteiger partial charge on any atom is -0.492 e. The Bertz CT molecular complexity index is 405. The summed E-state index contributed by atoms with van der Waals surface area (Å²) in [5.74, 6) is 0.771. The average molecular weight is 310 g/mol. The van der Waals surface area contributed by atoms with E-state index in [1.54, 1.807) is 14.2 Å². The maximum atomic E-state index is 6.00. The Morgan fingerprint density at radius 2 is 1.73 bits per heavy atom. The first-order chi connectivity index (χ1) is 10.7. The fourth-order valence-corrected chi connectivity index (χ4v) is 2.32. The van der Waals surface area contributed by atoms with Gasteiger partial charge in [0.1, 0.15) is 5.75 Å². The molecule has 0 bridgehead atoms. The molecule has 1 rings (SSSR count). The molecule has 0 unspecified atom stereocenters. The molecule has 0 saturated heterocycles. The van der Waals surface area contributed by atoms with E-state index in [2.05, 4.69) is 11.0 Å². The Balaban J connectivity index is 2.41. The van der Waals surface area contributed by atoms with Gasteiger partial charge in [-0.25, -0.2) is 0 Å². The highest BCUT2D eigenvalue weighted by atomic mass is 16.5. The van der Waals surface area contributed by atoms with Gasteiger partial charge in [0.05, 0.1) is 25.5 Å². The molecule has 0 radical (unpaired) electrons. The third-order valence-electron chi connectivity index (χ3n) is 3.54. The van der Waals surface area contributed by atoms with Crippen molar-refractivity contribution >= 4 is 5.69 Å². The first kappa shape index (κ1) is 18.7.